The molecule has 0 aliphatic heterocycles. The minimum atomic E-state index is 0.944. The minimum absolute atomic E-state index is 0.944. The van der Waals surface area contributed by atoms with Crippen molar-refractivity contribution in [3.8, 4) is 0 Å². The SMILES string of the molecule is C=C(C)C(=C(C)C)c1cc(C)ccc1C.CC.CCCCCCC1Cc2ccccc2C1. The summed E-state index contributed by atoms with van der Waals surface area (Å²) in [7, 11) is 0. The largest absolute Gasteiger partial charge is 0.0955 e. The van der Waals surface area contributed by atoms with Crippen molar-refractivity contribution < 1.29 is 0 Å². The predicted molar refractivity (Wildman–Crippen MR) is 146 cm³/mol. The Balaban J connectivity index is 0.000000297. The van der Waals surface area contributed by atoms with E-state index in [0.717, 1.165) is 11.5 Å². The molecule has 2 aromatic carbocycles. The van der Waals surface area contributed by atoms with Crippen LogP contribution < -0.4 is 0 Å². The molecule has 0 heteroatoms. The first-order valence-electron chi connectivity index (χ1n) is 12.8. The highest BCUT2D eigenvalue weighted by atomic mass is 14.2. The molecule has 0 fully saturated rings. The third-order valence-electron chi connectivity index (χ3n) is 6.19. The first-order valence-corrected chi connectivity index (χ1v) is 12.8. The van der Waals surface area contributed by atoms with Crippen LogP contribution in [0.1, 0.15) is 101 Å². The van der Waals surface area contributed by atoms with Gasteiger partial charge in [-0.15, -0.1) is 0 Å². The lowest BCUT2D eigenvalue weighted by Gasteiger charge is -2.14. The standard InChI is InChI=1S/C15H22.C15H20.C2H6/c1-2-3-4-5-8-13-11-14-9-6-7-10-15(14)12-13;1-10(2)15(11(3)4)14-9-12(5)7-8-13(14)6;1-2/h6-7,9-10,13H,2-5,8,11-12H2,1H3;7-9H,1H2,2-6H3;1-2H3. The fraction of sp³-hybridized carbons (Fsp3) is 0.500. The first kappa shape index (κ1) is 28.0. The van der Waals surface area contributed by atoms with Crippen LogP contribution in [0.2, 0.25) is 0 Å². The van der Waals surface area contributed by atoms with Crippen LogP contribution in [-0.2, 0) is 12.8 Å². The number of hydrogen-bond acceptors (Lipinski definition) is 0. The fourth-order valence-electron chi connectivity index (χ4n) is 4.65. The van der Waals surface area contributed by atoms with Crippen molar-refractivity contribution in [1.29, 1.82) is 0 Å². The molecule has 3 rings (SSSR count). The normalized spacial score (nSPS) is 12.1. The zero-order valence-corrected chi connectivity index (χ0v) is 22.3. The molecule has 0 amide bonds. The van der Waals surface area contributed by atoms with Crippen LogP contribution in [0, 0.1) is 19.8 Å². The zero-order valence-electron chi connectivity index (χ0n) is 22.3. The molecule has 0 bridgehead atoms. The van der Waals surface area contributed by atoms with Gasteiger partial charge in [0.05, 0.1) is 0 Å². The van der Waals surface area contributed by atoms with Gasteiger partial charge >= 0.3 is 0 Å². The van der Waals surface area contributed by atoms with Gasteiger partial charge in [0.15, 0.2) is 0 Å². The zero-order chi connectivity index (χ0) is 24.1. The molecule has 1 aliphatic rings. The molecule has 0 spiro atoms. The number of allylic oxidation sites excluding steroid dienone is 3. The van der Waals surface area contributed by atoms with Gasteiger partial charge in [0.2, 0.25) is 0 Å². The predicted octanol–water partition coefficient (Wildman–Crippen LogP) is 10.1. The van der Waals surface area contributed by atoms with Gasteiger partial charge in [-0.25, -0.2) is 0 Å². The van der Waals surface area contributed by atoms with E-state index in [1.165, 1.54) is 72.8 Å². The smallest absolute Gasteiger partial charge is 0.0150 e. The van der Waals surface area contributed by atoms with E-state index in [4.69, 9.17) is 0 Å². The van der Waals surface area contributed by atoms with Crippen molar-refractivity contribution in [1.82, 2.24) is 0 Å². The molecule has 0 aromatic heterocycles. The summed E-state index contributed by atoms with van der Waals surface area (Å²) in [5, 5.41) is 0. The molecule has 176 valence electrons. The van der Waals surface area contributed by atoms with Crippen LogP contribution in [0.5, 0.6) is 0 Å². The first-order chi connectivity index (χ1) is 15.3. The van der Waals surface area contributed by atoms with Crippen molar-refractivity contribution in [2.75, 3.05) is 0 Å². The summed E-state index contributed by atoms with van der Waals surface area (Å²) < 4.78 is 0. The minimum Gasteiger partial charge on any atom is -0.0955 e. The number of aryl methyl sites for hydroxylation is 2. The summed E-state index contributed by atoms with van der Waals surface area (Å²) in [6.07, 6.45) is 9.75. The summed E-state index contributed by atoms with van der Waals surface area (Å²) in [6.45, 7) is 21.0. The molecule has 0 unspecified atom stereocenters. The third kappa shape index (κ3) is 8.81. The Morgan fingerprint density at radius 2 is 1.47 bits per heavy atom. The molecule has 0 radical (unpaired) electrons. The molecule has 0 saturated carbocycles. The van der Waals surface area contributed by atoms with Gasteiger partial charge in [-0.05, 0) is 87.6 Å². The van der Waals surface area contributed by atoms with Crippen LogP contribution in [0.3, 0.4) is 0 Å². The van der Waals surface area contributed by atoms with Gasteiger partial charge in [-0.1, -0.05) is 112 Å². The van der Waals surface area contributed by atoms with Crippen molar-refractivity contribution in [3.63, 3.8) is 0 Å². The highest BCUT2D eigenvalue weighted by Gasteiger charge is 2.19. The summed E-state index contributed by atoms with van der Waals surface area (Å²) in [4.78, 5) is 0. The molecular weight excluding hydrogens is 384 g/mol. The Morgan fingerprint density at radius 1 is 0.875 bits per heavy atom. The van der Waals surface area contributed by atoms with Gasteiger partial charge < -0.3 is 0 Å². The third-order valence-corrected chi connectivity index (χ3v) is 6.19. The summed E-state index contributed by atoms with van der Waals surface area (Å²) in [6, 6.07) is 15.5. The number of hydrogen-bond donors (Lipinski definition) is 0. The van der Waals surface area contributed by atoms with Crippen LogP contribution in [0.25, 0.3) is 5.57 Å². The Kier molecular flexibility index (Phi) is 13.0. The van der Waals surface area contributed by atoms with E-state index in [1.54, 1.807) is 11.1 Å². The van der Waals surface area contributed by atoms with E-state index in [0.29, 0.717) is 0 Å². The monoisotopic (exact) mass is 432 g/mol. The molecule has 0 N–H and O–H groups in total. The second-order valence-corrected chi connectivity index (χ2v) is 9.37. The Morgan fingerprint density at radius 3 is 1.97 bits per heavy atom. The quantitative estimate of drug-likeness (QED) is 0.301. The van der Waals surface area contributed by atoms with Crippen LogP contribution in [0.4, 0.5) is 0 Å². The van der Waals surface area contributed by atoms with E-state index in [-0.39, 0.29) is 0 Å². The molecule has 2 aromatic rings. The number of unbranched alkanes of at least 4 members (excludes halogenated alkanes) is 3. The topological polar surface area (TPSA) is 0 Å². The number of fused-ring (bicyclic) bond motifs is 1. The van der Waals surface area contributed by atoms with E-state index >= 15 is 0 Å². The van der Waals surface area contributed by atoms with E-state index in [1.807, 2.05) is 13.8 Å². The van der Waals surface area contributed by atoms with E-state index < -0.39 is 0 Å². The van der Waals surface area contributed by atoms with E-state index in [9.17, 15) is 0 Å². The summed E-state index contributed by atoms with van der Waals surface area (Å²) in [5.41, 5.74) is 10.9. The molecule has 0 atom stereocenters. The Bertz CT molecular complexity index is 836. The molecule has 0 heterocycles. The summed E-state index contributed by atoms with van der Waals surface area (Å²) >= 11 is 0. The second-order valence-electron chi connectivity index (χ2n) is 9.37. The van der Waals surface area contributed by atoms with Crippen LogP contribution in [-0.4, -0.2) is 0 Å². The van der Waals surface area contributed by atoms with Crippen LogP contribution >= 0.6 is 0 Å². The van der Waals surface area contributed by atoms with E-state index in [2.05, 4.69) is 90.6 Å². The molecule has 1 aliphatic carbocycles. The number of benzene rings is 2. The molecule has 0 saturated heterocycles. The Labute approximate surface area is 199 Å². The van der Waals surface area contributed by atoms with Crippen molar-refractivity contribution in [2.45, 2.75) is 100 Å². The highest BCUT2D eigenvalue weighted by molar-refractivity contribution is 5.81. The van der Waals surface area contributed by atoms with Gasteiger partial charge in [0, 0.05) is 0 Å². The lowest BCUT2D eigenvalue weighted by Crippen LogP contribution is -1.98. The summed E-state index contributed by atoms with van der Waals surface area (Å²) in [5.74, 6) is 0.944. The average Bonchev–Trinajstić information content (AvgIpc) is 3.18. The second kappa shape index (κ2) is 14.9. The van der Waals surface area contributed by atoms with Gasteiger partial charge in [-0.2, -0.15) is 0 Å². The number of rotatable bonds is 7. The molecular formula is C32H48. The lowest BCUT2D eigenvalue weighted by atomic mass is 9.91. The highest BCUT2D eigenvalue weighted by Crippen LogP contribution is 2.30. The van der Waals surface area contributed by atoms with Crippen molar-refractivity contribution in [2.24, 2.45) is 5.92 Å². The molecule has 0 nitrogen and oxygen atoms in total. The molecule has 32 heavy (non-hydrogen) atoms. The van der Waals surface area contributed by atoms with Gasteiger partial charge in [0.25, 0.3) is 0 Å². The maximum absolute atomic E-state index is 4.07. The van der Waals surface area contributed by atoms with Gasteiger partial charge in [-0.3, -0.25) is 0 Å². The Hall–Kier alpha value is -2.08. The van der Waals surface area contributed by atoms with Crippen LogP contribution in [0.15, 0.2) is 60.2 Å². The maximum Gasteiger partial charge on any atom is -0.0150 e. The fourth-order valence-corrected chi connectivity index (χ4v) is 4.65. The average molecular weight is 433 g/mol. The maximum atomic E-state index is 4.07. The lowest BCUT2D eigenvalue weighted by molar-refractivity contribution is 0.475. The van der Waals surface area contributed by atoms with Gasteiger partial charge in [0.1, 0.15) is 0 Å². The van der Waals surface area contributed by atoms with Crippen molar-refractivity contribution in [3.05, 3.63) is 88.0 Å². The van der Waals surface area contributed by atoms with Crippen molar-refractivity contribution >= 4 is 5.57 Å².